The van der Waals surface area contributed by atoms with E-state index in [0.717, 1.165) is 30.5 Å². The van der Waals surface area contributed by atoms with Crippen molar-refractivity contribution in [2.75, 3.05) is 13.2 Å². The van der Waals surface area contributed by atoms with Crippen molar-refractivity contribution in [1.82, 2.24) is 19.6 Å². The van der Waals surface area contributed by atoms with Crippen LogP contribution in [0.15, 0.2) is 60.6 Å². The maximum absolute atomic E-state index is 14.8. The molecule has 3 N–H and O–H groups in total. The SMILES string of the molecule is CC1=C[C@H](N)C[C@H](c2ccncc2Cc2ncc3ccc(-c4c(F)cc(OCCO)cc4F)nn23)C1. The molecule has 1 aliphatic carbocycles. The predicted octanol–water partition coefficient (Wildman–Crippen LogP) is 4.18. The van der Waals surface area contributed by atoms with Crippen molar-refractivity contribution in [2.45, 2.75) is 38.1 Å². The van der Waals surface area contributed by atoms with Crippen LogP contribution in [-0.4, -0.2) is 43.9 Å². The summed E-state index contributed by atoms with van der Waals surface area (Å²) in [5.41, 5.74) is 10.3. The van der Waals surface area contributed by atoms with Crippen molar-refractivity contribution in [3.63, 3.8) is 0 Å². The third-order valence-electron chi connectivity index (χ3n) is 6.44. The predicted molar refractivity (Wildman–Crippen MR) is 132 cm³/mol. The second kappa shape index (κ2) is 10.1. The molecule has 186 valence electrons. The highest BCUT2D eigenvalue weighted by Gasteiger charge is 2.23. The van der Waals surface area contributed by atoms with E-state index in [1.165, 1.54) is 11.1 Å². The molecule has 0 amide bonds. The normalized spacial score (nSPS) is 17.9. The van der Waals surface area contributed by atoms with Crippen molar-refractivity contribution >= 4 is 5.52 Å². The molecule has 0 saturated heterocycles. The van der Waals surface area contributed by atoms with Gasteiger partial charge in [0.2, 0.25) is 0 Å². The smallest absolute Gasteiger partial charge is 0.139 e. The highest BCUT2D eigenvalue weighted by atomic mass is 19.1. The lowest BCUT2D eigenvalue weighted by molar-refractivity contribution is 0.200. The molecule has 1 aromatic carbocycles. The van der Waals surface area contributed by atoms with E-state index in [1.807, 2.05) is 12.3 Å². The summed E-state index contributed by atoms with van der Waals surface area (Å²) in [6.07, 6.45) is 9.68. The number of aromatic nitrogens is 4. The Hall–Kier alpha value is -3.69. The lowest BCUT2D eigenvalue weighted by Gasteiger charge is -2.27. The maximum atomic E-state index is 14.8. The van der Waals surface area contributed by atoms with Crippen molar-refractivity contribution in [3.05, 3.63) is 89.2 Å². The van der Waals surface area contributed by atoms with E-state index < -0.39 is 11.6 Å². The molecule has 0 unspecified atom stereocenters. The van der Waals surface area contributed by atoms with E-state index in [4.69, 9.17) is 15.6 Å². The first-order valence-corrected chi connectivity index (χ1v) is 11.9. The van der Waals surface area contributed by atoms with Crippen LogP contribution in [0.3, 0.4) is 0 Å². The van der Waals surface area contributed by atoms with Gasteiger partial charge in [-0.15, -0.1) is 0 Å². The number of nitrogens with zero attached hydrogens (tertiary/aromatic N) is 4. The van der Waals surface area contributed by atoms with Crippen LogP contribution in [0.2, 0.25) is 0 Å². The van der Waals surface area contributed by atoms with Gasteiger partial charge < -0.3 is 15.6 Å². The first-order valence-electron chi connectivity index (χ1n) is 11.9. The van der Waals surface area contributed by atoms with Gasteiger partial charge in [-0.2, -0.15) is 5.10 Å². The Morgan fingerprint density at radius 2 is 1.97 bits per heavy atom. The number of benzene rings is 1. The summed E-state index contributed by atoms with van der Waals surface area (Å²) < 4.78 is 36.5. The number of aliphatic hydroxyl groups excluding tert-OH is 1. The Labute approximate surface area is 207 Å². The Balaban J connectivity index is 1.49. The van der Waals surface area contributed by atoms with Crippen molar-refractivity contribution in [3.8, 4) is 17.0 Å². The van der Waals surface area contributed by atoms with E-state index in [-0.39, 0.29) is 42.2 Å². The molecular formula is C27H27F2N5O2. The van der Waals surface area contributed by atoms with Crippen LogP contribution in [0.25, 0.3) is 16.8 Å². The van der Waals surface area contributed by atoms with E-state index in [2.05, 4.69) is 28.1 Å². The van der Waals surface area contributed by atoms with Crippen molar-refractivity contribution in [1.29, 1.82) is 0 Å². The lowest BCUT2D eigenvalue weighted by Crippen LogP contribution is -2.25. The number of halogens is 2. The fraction of sp³-hybridized carbons (Fsp3) is 0.296. The number of aliphatic hydroxyl groups is 1. The van der Waals surface area contributed by atoms with Gasteiger partial charge in [0.25, 0.3) is 0 Å². The highest BCUT2D eigenvalue weighted by molar-refractivity contribution is 5.64. The molecule has 9 heteroatoms. The highest BCUT2D eigenvalue weighted by Crippen LogP contribution is 2.35. The molecule has 7 nitrogen and oxygen atoms in total. The number of pyridine rings is 1. The second-order valence-corrected chi connectivity index (χ2v) is 9.13. The largest absolute Gasteiger partial charge is 0.491 e. The van der Waals surface area contributed by atoms with Gasteiger partial charge in [0.1, 0.15) is 29.8 Å². The Morgan fingerprint density at radius 1 is 1.17 bits per heavy atom. The Morgan fingerprint density at radius 3 is 2.72 bits per heavy atom. The molecule has 36 heavy (non-hydrogen) atoms. The molecule has 4 aromatic rings. The summed E-state index contributed by atoms with van der Waals surface area (Å²) in [5.74, 6) is -0.681. The van der Waals surface area contributed by atoms with Gasteiger partial charge in [-0.05, 0) is 55.0 Å². The summed E-state index contributed by atoms with van der Waals surface area (Å²) in [4.78, 5) is 8.87. The number of hydrogen-bond acceptors (Lipinski definition) is 6. The van der Waals surface area contributed by atoms with Gasteiger partial charge in [0, 0.05) is 37.0 Å². The molecule has 5 rings (SSSR count). The van der Waals surface area contributed by atoms with E-state index >= 15 is 0 Å². The molecule has 0 fully saturated rings. The van der Waals surface area contributed by atoms with Crippen LogP contribution in [-0.2, 0) is 6.42 Å². The molecule has 0 spiro atoms. The summed E-state index contributed by atoms with van der Waals surface area (Å²) in [6.45, 7) is 1.79. The van der Waals surface area contributed by atoms with Crippen molar-refractivity contribution in [2.24, 2.45) is 5.73 Å². The Kier molecular flexibility index (Phi) is 6.75. The average molecular weight is 492 g/mol. The minimum absolute atomic E-state index is 0.00353. The van der Waals surface area contributed by atoms with Gasteiger partial charge in [0.05, 0.1) is 29.6 Å². The fourth-order valence-electron chi connectivity index (χ4n) is 4.92. The maximum Gasteiger partial charge on any atom is 0.139 e. The van der Waals surface area contributed by atoms with Gasteiger partial charge in [0.15, 0.2) is 0 Å². The summed E-state index contributed by atoms with van der Waals surface area (Å²) in [6, 6.07) is 7.51. The lowest BCUT2D eigenvalue weighted by atomic mass is 9.80. The number of fused-ring (bicyclic) bond motifs is 1. The van der Waals surface area contributed by atoms with Crippen LogP contribution < -0.4 is 10.5 Å². The quantitative estimate of drug-likeness (QED) is 0.377. The number of imidazole rings is 1. The zero-order valence-corrected chi connectivity index (χ0v) is 19.9. The minimum atomic E-state index is -0.803. The number of nitrogens with two attached hydrogens (primary N) is 1. The van der Waals surface area contributed by atoms with E-state index in [9.17, 15) is 8.78 Å². The number of rotatable bonds is 7. The third kappa shape index (κ3) is 4.84. The molecule has 3 heterocycles. The van der Waals surface area contributed by atoms with Gasteiger partial charge in [-0.3, -0.25) is 4.98 Å². The molecule has 3 aromatic heterocycles. The zero-order chi connectivity index (χ0) is 25.2. The minimum Gasteiger partial charge on any atom is -0.491 e. The molecule has 0 saturated carbocycles. The van der Waals surface area contributed by atoms with Crippen LogP contribution in [0.1, 0.15) is 42.6 Å². The summed E-state index contributed by atoms with van der Waals surface area (Å²) in [7, 11) is 0. The number of ether oxygens (including phenoxy) is 1. The topological polar surface area (TPSA) is 98.6 Å². The van der Waals surface area contributed by atoms with Gasteiger partial charge in [-0.1, -0.05) is 11.6 Å². The molecular weight excluding hydrogens is 464 g/mol. The number of allylic oxidation sites excluding steroid dienone is 1. The molecule has 0 radical (unpaired) electrons. The summed E-state index contributed by atoms with van der Waals surface area (Å²) in [5, 5.41) is 13.4. The van der Waals surface area contributed by atoms with Crippen LogP contribution in [0.4, 0.5) is 8.78 Å². The Bertz CT molecular complexity index is 1410. The fourth-order valence-corrected chi connectivity index (χ4v) is 4.92. The first kappa shape index (κ1) is 24.0. The van der Waals surface area contributed by atoms with Crippen LogP contribution in [0.5, 0.6) is 5.75 Å². The third-order valence-corrected chi connectivity index (χ3v) is 6.44. The first-order chi connectivity index (χ1) is 17.4. The van der Waals surface area contributed by atoms with Crippen LogP contribution >= 0.6 is 0 Å². The van der Waals surface area contributed by atoms with Gasteiger partial charge in [-0.25, -0.2) is 18.3 Å². The van der Waals surface area contributed by atoms with E-state index in [1.54, 1.807) is 29.0 Å². The zero-order valence-electron chi connectivity index (χ0n) is 19.9. The van der Waals surface area contributed by atoms with Crippen molar-refractivity contribution < 1.29 is 18.6 Å². The molecule has 0 bridgehead atoms. The summed E-state index contributed by atoms with van der Waals surface area (Å²) >= 11 is 0. The van der Waals surface area contributed by atoms with Gasteiger partial charge >= 0.3 is 0 Å². The van der Waals surface area contributed by atoms with E-state index in [0.29, 0.717) is 17.8 Å². The number of hydrogen-bond donors (Lipinski definition) is 2. The average Bonchev–Trinajstić information content (AvgIpc) is 3.24. The monoisotopic (exact) mass is 491 g/mol. The molecule has 2 atom stereocenters. The molecule has 0 aliphatic heterocycles. The molecule has 1 aliphatic rings. The second-order valence-electron chi connectivity index (χ2n) is 9.13. The standard InChI is InChI=1S/C27H27F2N5O2/c1-16-8-17(10-19(30)9-16)22-4-5-31-14-18(22)11-26-32-15-20-2-3-25(33-34(20)26)27-23(28)12-21(13-24(27)29)36-7-6-35/h2-5,9,12-15,17,19,35H,6-8,10-11,30H2,1H3/t17-,19+/m1/s1. The van der Waals surface area contributed by atoms with Crippen LogP contribution in [0, 0.1) is 11.6 Å².